The molecule has 0 radical (unpaired) electrons. The minimum absolute atomic E-state index is 0.235. The third-order valence-electron chi connectivity index (χ3n) is 5.31. The van der Waals surface area contributed by atoms with Crippen molar-refractivity contribution in [2.75, 3.05) is 4.90 Å². The molecule has 4 rings (SSSR count). The predicted octanol–water partition coefficient (Wildman–Crippen LogP) is 3.86. The number of fused-ring (bicyclic) bond motifs is 2. The molecule has 3 aromatic rings. The number of nitrogens with two attached hydrogens (primary N) is 1. The molecule has 2 aromatic carbocycles. The highest BCUT2D eigenvalue weighted by molar-refractivity contribution is 5.92. The van der Waals surface area contributed by atoms with Crippen LogP contribution in [0.25, 0.3) is 11.0 Å². The molecule has 0 saturated heterocycles. The molecule has 1 aliphatic heterocycles. The molecule has 1 aliphatic rings. The average molecular weight is 374 g/mol. The van der Waals surface area contributed by atoms with Crippen LogP contribution in [0, 0.1) is 0 Å². The van der Waals surface area contributed by atoms with Crippen LogP contribution in [-0.4, -0.2) is 15.9 Å². The molecule has 0 fully saturated rings. The van der Waals surface area contributed by atoms with Gasteiger partial charge in [-0.25, -0.2) is 4.98 Å². The van der Waals surface area contributed by atoms with Crippen molar-refractivity contribution < 1.29 is 18.0 Å². The first-order valence-electron chi connectivity index (χ1n) is 8.39. The SMILES string of the molecule is CC1c2ccccc2C(C)(C(N)=O)N1c1nc2ccc(C(F)(F)F)cc2[nH]1. The van der Waals surface area contributed by atoms with Gasteiger partial charge in [-0.3, -0.25) is 4.79 Å². The zero-order valence-electron chi connectivity index (χ0n) is 14.6. The average Bonchev–Trinajstić information content (AvgIpc) is 3.11. The minimum atomic E-state index is -4.45. The Labute approximate surface area is 153 Å². The van der Waals surface area contributed by atoms with E-state index in [1.54, 1.807) is 11.8 Å². The number of aromatic amines is 1. The van der Waals surface area contributed by atoms with E-state index in [1.807, 2.05) is 31.2 Å². The molecule has 5 nitrogen and oxygen atoms in total. The Morgan fingerprint density at radius 2 is 1.96 bits per heavy atom. The fourth-order valence-corrected chi connectivity index (χ4v) is 3.89. The molecule has 0 saturated carbocycles. The molecule has 2 unspecified atom stereocenters. The number of carbonyl (C=O) groups excluding carboxylic acids is 1. The Bertz CT molecular complexity index is 1060. The highest BCUT2D eigenvalue weighted by Gasteiger charge is 2.50. The summed E-state index contributed by atoms with van der Waals surface area (Å²) in [6.45, 7) is 3.60. The smallest absolute Gasteiger partial charge is 0.367 e. The first-order chi connectivity index (χ1) is 12.6. The molecule has 8 heteroatoms. The Kier molecular flexibility index (Phi) is 3.53. The third-order valence-corrected chi connectivity index (χ3v) is 5.31. The number of alkyl halides is 3. The van der Waals surface area contributed by atoms with Crippen LogP contribution in [0.5, 0.6) is 0 Å². The highest BCUT2D eigenvalue weighted by Crippen LogP contribution is 2.48. The van der Waals surface area contributed by atoms with Gasteiger partial charge in [0.05, 0.1) is 22.6 Å². The molecule has 1 aromatic heterocycles. The highest BCUT2D eigenvalue weighted by atomic mass is 19.4. The van der Waals surface area contributed by atoms with Gasteiger partial charge < -0.3 is 15.6 Å². The maximum atomic E-state index is 13.0. The van der Waals surface area contributed by atoms with Crippen LogP contribution >= 0.6 is 0 Å². The summed E-state index contributed by atoms with van der Waals surface area (Å²) in [6.07, 6.45) is -4.45. The first kappa shape index (κ1) is 17.4. The number of nitrogens with zero attached hydrogens (tertiary/aromatic N) is 2. The summed E-state index contributed by atoms with van der Waals surface area (Å²) in [5, 5.41) is 0. The predicted molar refractivity (Wildman–Crippen MR) is 95.0 cm³/mol. The second kappa shape index (κ2) is 5.48. The Morgan fingerprint density at radius 1 is 1.26 bits per heavy atom. The van der Waals surface area contributed by atoms with Crippen molar-refractivity contribution in [1.29, 1.82) is 0 Å². The standard InChI is InChI=1S/C19H17F3N4O/c1-10-12-5-3-4-6-13(12)18(2,16(23)27)26(10)17-24-14-8-7-11(19(20,21)22)9-15(14)25-17/h3-10H,1-2H3,(H2,23,27)(H,24,25). The van der Waals surface area contributed by atoms with Crippen molar-refractivity contribution in [3.8, 4) is 0 Å². The quantitative estimate of drug-likeness (QED) is 0.715. The van der Waals surface area contributed by atoms with Crippen molar-refractivity contribution >= 4 is 22.9 Å². The van der Waals surface area contributed by atoms with E-state index in [0.29, 0.717) is 11.5 Å². The van der Waals surface area contributed by atoms with Gasteiger partial charge in [-0.15, -0.1) is 0 Å². The van der Waals surface area contributed by atoms with E-state index >= 15 is 0 Å². The second-order valence-corrected chi connectivity index (χ2v) is 6.86. The maximum absolute atomic E-state index is 13.0. The number of benzene rings is 2. The van der Waals surface area contributed by atoms with Crippen LogP contribution in [0.15, 0.2) is 42.5 Å². The molecule has 0 spiro atoms. The summed E-state index contributed by atoms with van der Waals surface area (Å²) < 4.78 is 39.0. The zero-order valence-corrected chi connectivity index (χ0v) is 14.6. The number of aromatic nitrogens is 2. The number of H-pyrrole nitrogens is 1. The van der Waals surface area contributed by atoms with E-state index in [4.69, 9.17) is 5.73 Å². The number of halogens is 3. The van der Waals surface area contributed by atoms with Crippen molar-refractivity contribution in [3.05, 3.63) is 59.2 Å². The van der Waals surface area contributed by atoms with Crippen molar-refractivity contribution in [1.82, 2.24) is 9.97 Å². The van der Waals surface area contributed by atoms with Gasteiger partial charge in [0.2, 0.25) is 11.9 Å². The van der Waals surface area contributed by atoms with Gasteiger partial charge in [0.1, 0.15) is 5.54 Å². The number of hydrogen-bond acceptors (Lipinski definition) is 3. The molecule has 1 amide bonds. The van der Waals surface area contributed by atoms with Gasteiger partial charge in [0, 0.05) is 0 Å². The van der Waals surface area contributed by atoms with E-state index < -0.39 is 23.2 Å². The summed E-state index contributed by atoms with van der Waals surface area (Å²) in [4.78, 5) is 21.5. The fourth-order valence-electron chi connectivity index (χ4n) is 3.89. The van der Waals surface area contributed by atoms with Crippen LogP contribution in [0.1, 0.15) is 36.6 Å². The van der Waals surface area contributed by atoms with E-state index in [-0.39, 0.29) is 11.6 Å². The molecule has 3 N–H and O–H groups in total. The number of hydrogen-bond donors (Lipinski definition) is 2. The lowest BCUT2D eigenvalue weighted by Gasteiger charge is -2.35. The molecular weight excluding hydrogens is 357 g/mol. The lowest BCUT2D eigenvalue weighted by molar-refractivity contribution is -0.137. The largest absolute Gasteiger partial charge is 0.416 e. The van der Waals surface area contributed by atoms with Crippen molar-refractivity contribution in [3.63, 3.8) is 0 Å². The third kappa shape index (κ3) is 2.39. The number of nitrogens with one attached hydrogen (secondary N) is 1. The molecule has 2 atom stereocenters. The lowest BCUT2D eigenvalue weighted by atomic mass is 9.91. The molecule has 27 heavy (non-hydrogen) atoms. The summed E-state index contributed by atoms with van der Waals surface area (Å²) in [5.41, 5.74) is 6.13. The molecule has 2 heterocycles. The number of anilines is 1. The van der Waals surface area contributed by atoms with E-state index in [0.717, 1.165) is 23.3 Å². The summed E-state index contributed by atoms with van der Waals surface area (Å²) in [5.74, 6) is -0.259. The van der Waals surface area contributed by atoms with E-state index in [1.165, 1.54) is 6.07 Å². The first-order valence-corrected chi connectivity index (χ1v) is 8.39. The van der Waals surface area contributed by atoms with Gasteiger partial charge in [0.25, 0.3) is 0 Å². The zero-order chi connectivity index (χ0) is 19.6. The minimum Gasteiger partial charge on any atom is -0.367 e. The Morgan fingerprint density at radius 3 is 2.63 bits per heavy atom. The Balaban J connectivity index is 1.88. The van der Waals surface area contributed by atoms with Gasteiger partial charge in [-0.1, -0.05) is 24.3 Å². The normalized spacial score (nSPS) is 22.3. The summed E-state index contributed by atoms with van der Waals surface area (Å²) in [7, 11) is 0. The molecule has 0 bridgehead atoms. The Hall–Kier alpha value is -3.03. The number of imidazole rings is 1. The topological polar surface area (TPSA) is 75.0 Å². The lowest BCUT2D eigenvalue weighted by Crippen LogP contribution is -2.50. The van der Waals surface area contributed by atoms with Gasteiger partial charge in [-0.05, 0) is 43.2 Å². The van der Waals surface area contributed by atoms with Gasteiger partial charge in [0.15, 0.2) is 0 Å². The van der Waals surface area contributed by atoms with E-state index in [9.17, 15) is 18.0 Å². The number of primary amides is 1. The van der Waals surface area contributed by atoms with Gasteiger partial charge >= 0.3 is 6.18 Å². The second-order valence-electron chi connectivity index (χ2n) is 6.86. The summed E-state index contributed by atoms with van der Waals surface area (Å²) >= 11 is 0. The van der Waals surface area contributed by atoms with Crippen LogP contribution < -0.4 is 10.6 Å². The number of amides is 1. The van der Waals surface area contributed by atoms with Crippen molar-refractivity contribution in [2.45, 2.75) is 31.6 Å². The summed E-state index contributed by atoms with van der Waals surface area (Å²) in [6, 6.07) is 10.5. The monoisotopic (exact) mass is 374 g/mol. The molecular formula is C19H17F3N4O. The molecule has 0 aliphatic carbocycles. The van der Waals surface area contributed by atoms with Crippen molar-refractivity contribution in [2.24, 2.45) is 5.73 Å². The number of rotatable bonds is 2. The van der Waals surface area contributed by atoms with Crippen LogP contribution in [0.4, 0.5) is 19.1 Å². The maximum Gasteiger partial charge on any atom is 0.416 e. The van der Waals surface area contributed by atoms with Gasteiger partial charge in [-0.2, -0.15) is 13.2 Å². The molecule has 140 valence electrons. The van der Waals surface area contributed by atoms with Crippen LogP contribution in [-0.2, 0) is 16.5 Å². The van der Waals surface area contributed by atoms with Crippen LogP contribution in [0.3, 0.4) is 0 Å². The number of carbonyl (C=O) groups is 1. The fraction of sp³-hybridized carbons (Fsp3) is 0.263. The van der Waals surface area contributed by atoms with E-state index in [2.05, 4.69) is 9.97 Å². The van der Waals surface area contributed by atoms with Crippen LogP contribution in [0.2, 0.25) is 0 Å².